The molecule has 0 aliphatic rings. The Kier molecular flexibility index (Phi) is 10.2. The molecule has 0 radical (unpaired) electrons. The van der Waals surface area contributed by atoms with Crippen LogP contribution in [0.3, 0.4) is 0 Å². The zero-order chi connectivity index (χ0) is 12.9. The predicted octanol–water partition coefficient (Wildman–Crippen LogP) is 2.72. The van der Waals surface area contributed by atoms with Crippen molar-refractivity contribution in [2.24, 2.45) is 0 Å². The highest BCUT2D eigenvalue weighted by Crippen LogP contribution is 2.07. The van der Waals surface area contributed by atoms with Crippen molar-refractivity contribution in [2.45, 2.75) is 44.9 Å². The van der Waals surface area contributed by atoms with E-state index in [0.29, 0.717) is 12.8 Å². The van der Waals surface area contributed by atoms with E-state index < -0.39 is 0 Å². The third-order valence-electron chi connectivity index (χ3n) is 2.33. The van der Waals surface area contributed by atoms with Gasteiger partial charge in [-0.3, -0.25) is 14.9 Å². The van der Waals surface area contributed by atoms with Crippen molar-refractivity contribution in [3.63, 3.8) is 0 Å². The second-order valence-corrected chi connectivity index (χ2v) is 3.90. The number of carbonyl (C=O) groups is 1. The van der Waals surface area contributed by atoms with Gasteiger partial charge in [0.1, 0.15) is 6.61 Å². The van der Waals surface area contributed by atoms with E-state index in [1.54, 1.807) is 6.08 Å². The third kappa shape index (κ3) is 12.5. The molecule has 98 valence electrons. The van der Waals surface area contributed by atoms with Gasteiger partial charge in [0, 0.05) is 17.8 Å². The van der Waals surface area contributed by atoms with E-state index in [4.69, 9.17) is 4.74 Å². The maximum Gasteiger partial charge on any atom is 0.306 e. The standard InChI is InChI=1S/C12H21NO4/c1-2-11-17-12(14)9-7-5-3-4-6-8-10-13(15)16/h2H,1,3-11H2. The quantitative estimate of drug-likeness (QED) is 0.184. The van der Waals surface area contributed by atoms with Gasteiger partial charge in [-0.2, -0.15) is 0 Å². The molecule has 0 saturated heterocycles. The number of carbonyl (C=O) groups excluding carboxylic acids is 1. The van der Waals surface area contributed by atoms with Gasteiger partial charge in [-0.15, -0.1) is 0 Å². The first-order chi connectivity index (χ1) is 8.16. The zero-order valence-electron chi connectivity index (χ0n) is 10.2. The largest absolute Gasteiger partial charge is 0.461 e. The average Bonchev–Trinajstić information content (AvgIpc) is 2.29. The topological polar surface area (TPSA) is 69.4 Å². The highest BCUT2D eigenvalue weighted by Gasteiger charge is 2.01. The Balaban J connectivity index is 3.15. The molecule has 5 heteroatoms. The van der Waals surface area contributed by atoms with Gasteiger partial charge in [-0.25, -0.2) is 0 Å². The van der Waals surface area contributed by atoms with Gasteiger partial charge in [-0.05, 0) is 12.8 Å². The fraction of sp³-hybridized carbons (Fsp3) is 0.750. The lowest BCUT2D eigenvalue weighted by Gasteiger charge is -2.02. The van der Waals surface area contributed by atoms with Crippen LogP contribution in [0.4, 0.5) is 0 Å². The number of ether oxygens (including phenoxy) is 1. The second kappa shape index (κ2) is 11.1. The lowest BCUT2D eigenvalue weighted by molar-refractivity contribution is -0.480. The number of hydrogen-bond acceptors (Lipinski definition) is 4. The number of esters is 1. The van der Waals surface area contributed by atoms with Gasteiger partial charge < -0.3 is 4.74 Å². The highest BCUT2D eigenvalue weighted by molar-refractivity contribution is 5.69. The number of nitrogens with zero attached hydrogens (tertiary/aromatic N) is 1. The summed E-state index contributed by atoms with van der Waals surface area (Å²) in [6.45, 7) is 3.80. The van der Waals surface area contributed by atoms with Crippen molar-refractivity contribution in [2.75, 3.05) is 13.2 Å². The van der Waals surface area contributed by atoms with Crippen LogP contribution >= 0.6 is 0 Å². The highest BCUT2D eigenvalue weighted by atomic mass is 16.6. The first kappa shape index (κ1) is 15.6. The van der Waals surface area contributed by atoms with Crippen LogP contribution < -0.4 is 0 Å². The van der Waals surface area contributed by atoms with Crippen LogP contribution in [0, 0.1) is 10.1 Å². The molecule has 0 saturated carbocycles. The number of hydrogen-bond donors (Lipinski definition) is 0. The molecular weight excluding hydrogens is 222 g/mol. The molecule has 0 rings (SSSR count). The summed E-state index contributed by atoms with van der Waals surface area (Å²) < 4.78 is 4.83. The molecular formula is C12H21NO4. The fourth-order valence-electron chi connectivity index (χ4n) is 1.44. The first-order valence-corrected chi connectivity index (χ1v) is 6.05. The van der Waals surface area contributed by atoms with Crippen molar-refractivity contribution in [3.05, 3.63) is 22.8 Å². The predicted molar refractivity (Wildman–Crippen MR) is 65.3 cm³/mol. The van der Waals surface area contributed by atoms with Crippen molar-refractivity contribution in [1.82, 2.24) is 0 Å². The van der Waals surface area contributed by atoms with Gasteiger partial charge in [-0.1, -0.05) is 31.9 Å². The maximum atomic E-state index is 11.1. The van der Waals surface area contributed by atoms with Gasteiger partial charge >= 0.3 is 5.97 Å². The molecule has 0 atom stereocenters. The SMILES string of the molecule is C=CCOC(=O)CCCCCCCC[N+](=O)[O-]. The van der Waals surface area contributed by atoms with Crippen molar-refractivity contribution in [1.29, 1.82) is 0 Å². The van der Waals surface area contributed by atoms with Gasteiger partial charge in [0.25, 0.3) is 0 Å². The van der Waals surface area contributed by atoms with Crippen molar-refractivity contribution >= 4 is 5.97 Å². The van der Waals surface area contributed by atoms with E-state index >= 15 is 0 Å². The summed E-state index contributed by atoms with van der Waals surface area (Å²) in [6, 6.07) is 0. The Bertz CT molecular complexity index is 241. The van der Waals surface area contributed by atoms with Crippen LogP contribution in [-0.4, -0.2) is 24.0 Å². The minimum absolute atomic E-state index is 0.0634. The summed E-state index contributed by atoms with van der Waals surface area (Å²) in [5.74, 6) is -0.182. The summed E-state index contributed by atoms with van der Waals surface area (Å²) in [5.41, 5.74) is 0. The Morgan fingerprint density at radius 2 is 1.76 bits per heavy atom. The van der Waals surface area contributed by atoms with Crippen LogP contribution in [0.15, 0.2) is 12.7 Å². The van der Waals surface area contributed by atoms with Gasteiger partial charge in [0.05, 0.1) is 0 Å². The fourth-order valence-corrected chi connectivity index (χ4v) is 1.44. The number of nitro groups is 1. The molecule has 0 N–H and O–H groups in total. The monoisotopic (exact) mass is 243 g/mol. The minimum Gasteiger partial charge on any atom is -0.461 e. The summed E-state index contributed by atoms with van der Waals surface area (Å²) in [6.07, 6.45) is 7.35. The van der Waals surface area contributed by atoms with E-state index in [1.807, 2.05) is 0 Å². The van der Waals surface area contributed by atoms with E-state index in [2.05, 4.69) is 6.58 Å². The van der Waals surface area contributed by atoms with Crippen molar-refractivity contribution < 1.29 is 14.5 Å². The maximum absolute atomic E-state index is 11.1. The molecule has 0 aromatic rings. The summed E-state index contributed by atoms with van der Waals surface area (Å²) in [4.78, 5) is 20.8. The van der Waals surface area contributed by atoms with E-state index in [9.17, 15) is 14.9 Å². The zero-order valence-corrected chi connectivity index (χ0v) is 10.2. The molecule has 0 aromatic heterocycles. The lowest BCUT2D eigenvalue weighted by atomic mass is 10.1. The molecule has 0 aliphatic carbocycles. The summed E-state index contributed by atoms with van der Waals surface area (Å²) >= 11 is 0. The number of rotatable bonds is 11. The average molecular weight is 243 g/mol. The smallest absolute Gasteiger partial charge is 0.306 e. The van der Waals surface area contributed by atoms with Crippen LogP contribution in [0.5, 0.6) is 0 Å². The Morgan fingerprint density at radius 3 is 2.35 bits per heavy atom. The normalized spacial score (nSPS) is 9.88. The van der Waals surface area contributed by atoms with Crippen molar-refractivity contribution in [3.8, 4) is 0 Å². The number of unbranched alkanes of at least 4 members (excludes halogenated alkanes) is 5. The van der Waals surface area contributed by atoms with Gasteiger partial charge in [0.15, 0.2) is 0 Å². The van der Waals surface area contributed by atoms with Gasteiger partial charge in [0.2, 0.25) is 6.54 Å². The van der Waals surface area contributed by atoms with E-state index in [-0.39, 0.29) is 24.0 Å². The first-order valence-electron chi connectivity index (χ1n) is 6.05. The molecule has 0 aliphatic heterocycles. The Labute approximate surface area is 102 Å². The van der Waals surface area contributed by atoms with E-state index in [0.717, 1.165) is 32.1 Å². The molecule has 0 fully saturated rings. The second-order valence-electron chi connectivity index (χ2n) is 3.90. The van der Waals surface area contributed by atoms with Crippen LogP contribution in [0.1, 0.15) is 44.9 Å². The van der Waals surface area contributed by atoms with Crippen LogP contribution in [0.25, 0.3) is 0 Å². The molecule has 0 spiro atoms. The molecule has 5 nitrogen and oxygen atoms in total. The van der Waals surface area contributed by atoms with Crippen LogP contribution in [-0.2, 0) is 9.53 Å². The molecule has 0 heterocycles. The Morgan fingerprint density at radius 1 is 1.18 bits per heavy atom. The summed E-state index contributed by atoms with van der Waals surface area (Å²) in [7, 11) is 0. The third-order valence-corrected chi connectivity index (χ3v) is 2.33. The molecule has 0 amide bonds. The Hall–Kier alpha value is -1.39. The molecule has 0 aromatic carbocycles. The van der Waals surface area contributed by atoms with E-state index in [1.165, 1.54) is 0 Å². The van der Waals surface area contributed by atoms with Crippen LogP contribution in [0.2, 0.25) is 0 Å². The minimum atomic E-state index is -0.282. The molecule has 0 unspecified atom stereocenters. The summed E-state index contributed by atoms with van der Waals surface area (Å²) in [5, 5.41) is 10.0. The molecule has 17 heavy (non-hydrogen) atoms. The lowest BCUT2D eigenvalue weighted by Crippen LogP contribution is -2.03. The molecule has 0 bridgehead atoms.